The van der Waals surface area contributed by atoms with Crippen LogP contribution < -0.4 is 15.2 Å². The van der Waals surface area contributed by atoms with Crippen molar-refractivity contribution in [2.45, 2.75) is 13.2 Å². The lowest BCUT2D eigenvalue weighted by Gasteiger charge is -2.10. The maximum absolute atomic E-state index is 5.91. The lowest BCUT2D eigenvalue weighted by atomic mass is 10.2. The molecule has 0 aliphatic carbocycles. The second kappa shape index (κ2) is 8.43. The van der Waals surface area contributed by atoms with Gasteiger partial charge < -0.3 is 15.2 Å². The Morgan fingerprint density at radius 3 is 2.62 bits per heavy atom. The highest BCUT2D eigenvalue weighted by Crippen LogP contribution is 2.22. The molecule has 0 atom stereocenters. The fourth-order valence-electron chi connectivity index (χ4n) is 2.99. The first kappa shape index (κ1) is 18.5. The van der Waals surface area contributed by atoms with Crippen molar-refractivity contribution < 1.29 is 9.47 Å². The minimum absolute atomic E-state index is 0.441. The Hall–Kier alpha value is -3.87. The second-order valence-corrected chi connectivity index (χ2v) is 6.48. The summed E-state index contributed by atoms with van der Waals surface area (Å²) >= 11 is 0. The van der Waals surface area contributed by atoms with Crippen molar-refractivity contribution in [3.05, 3.63) is 84.2 Å². The summed E-state index contributed by atoms with van der Waals surface area (Å²) in [5, 5.41) is 8.38. The van der Waals surface area contributed by atoms with E-state index in [-0.39, 0.29) is 0 Å². The van der Waals surface area contributed by atoms with Crippen molar-refractivity contribution in [2.24, 2.45) is 0 Å². The van der Waals surface area contributed by atoms with Crippen molar-refractivity contribution in [1.29, 1.82) is 0 Å². The fraction of sp³-hybridized carbons (Fsp3) is 0.136. The number of aromatic nitrogens is 4. The van der Waals surface area contributed by atoms with Crippen LogP contribution in [0.3, 0.4) is 0 Å². The van der Waals surface area contributed by atoms with Crippen LogP contribution >= 0.6 is 0 Å². The van der Waals surface area contributed by atoms with Gasteiger partial charge in [0.1, 0.15) is 29.6 Å². The van der Waals surface area contributed by atoms with Gasteiger partial charge in [0.05, 0.1) is 19.9 Å². The first-order valence-corrected chi connectivity index (χ1v) is 9.17. The van der Waals surface area contributed by atoms with Crippen LogP contribution in [-0.4, -0.2) is 27.1 Å². The van der Waals surface area contributed by atoms with Crippen molar-refractivity contribution >= 4 is 5.82 Å². The molecule has 0 radical (unpaired) electrons. The molecule has 4 aromatic rings. The summed E-state index contributed by atoms with van der Waals surface area (Å²) in [6.07, 6.45) is 3.51. The maximum atomic E-state index is 5.91. The molecule has 2 heterocycles. The summed E-state index contributed by atoms with van der Waals surface area (Å²) in [7, 11) is 1.66. The van der Waals surface area contributed by atoms with E-state index in [1.165, 1.54) is 0 Å². The number of benzene rings is 2. The van der Waals surface area contributed by atoms with Gasteiger partial charge in [-0.05, 0) is 35.9 Å². The number of para-hydroxylation sites is 1. The molecule has 0 aliphatic heterocycles. The Kier molecular flexibility index (Phi) is 5.38. The lowest BCUT2D eigenvalue weighted by Crippen LogP contribution is -2.01. The predicted octanol–water partition coefficient (Wildman–Crippen LogP) is 3.56. The van der Waals surface area contributed by atoms with Gasteiger partial charge in [0.2, 0.25) is 0 Å². The van der Waals surface area contributed by atoms with Crippen molar-refractivity contribution in [1.82, 2.24) is 20.0 Å². The van der Waals surface area contributed by atoms with Gasteiger partial charge in [-0.2, -0.15) is 0 Å². The Bertz CT molecular complexity index is 1090. The van der Waals surface area contributed by atoms with Gasteiger partial charge in [-0.1, -0.05) is 35.5 Å². The van der Waals surface area contributed by atoms with E-state index in [0.29, 0.717) is 24.7 Å². The smallest absolute Gasteiger partial charge is 0.132 e. The average molecular weight is 387 g/mol. The van der Waals surface area contributed by atoms with Crippen LogP contribution in [0, 0.1) is 0 Å². The number of pyridine rings is 1. The second-order valence-electron chi connectivity index (χ2n) is 6.48. The number of anilines is 1. The standard InChI is InChI=1S/C22H21N5O2/c1-28-21-7-3-2-5-17(21)15-29-18-10-8-16(9-11-18)13-27-14-20(25-26-27)19-6-4-12-24-22(19)23/h2-12,14H,13,15H2,1H3,(H2,23,24). The fourth-order valence-corrected chi connectivity index (χ4v) is 2.99. The Balaban J connectivity index is 1.39. The van der Waals surface area contributed by atoms with E-state index in [2.05, 4.69) is 15.3 Å². The third-order valence-corrected chi connectivity index (χ3v) is 4.51. The van der Waals surface area contributed by atoms with E-state index in [4.69, 9.17) is 15.2 Å². The quantitative estimate of drug-likeness (QED) is 0.522. The average Bonchev–Trinajstić information content (AvgIpc) is 3.22. The van der Waals surface area contributed by atoms with E-state index in [9.17, 15) is 0 Å². The van der Waals surface area contributed by atoms with Gasteiger partial charge in [-0.25, -0.2) is 9.67 Å². The SMILES string of the molecule is COc1ccccc1COc1ccc(Cn2cc(-c3cccnc3N)nn2)cc1. The summed E-state index contributed by atoms with van der Waals surface area (Å²) in [5.74, 6) is 2.05. The largest absolute Gasteiger partial charge is 0.496 e. The van der Waals surface area contributed by atoms with E-state index >= 15 is 0 Å². The Labute approximate surface area is 168 Å². The Morgan fingerprint density at radius 2 is 1.83 bits per heavy atom. The number of methoxy groups -OCH3 is 1. The molecule has 7 nitrogen and oxygen atoms in total. The highest BCUT2D eigenvalue weighted by molar-refractivity contribution is 5.69. The van der Waals surface area contributed by atoms with Crippen LogP contribution in [0.1, 0.15) is 11.1 Å². The van der Waals surface area contributed by atoms with Crippen LogP contribution in [0.25, 0.3) is 11.3 Å². The molecule has 0 fully saturated rings. The van der Waals surface area contributed by atoms with E-state index in [1.54, 1.807) is 18.0 Å². The number of hydrogen-bond donors (Lipinski definition) is 1. The molecule has 29 heavy (non-hydrogen) atoms. The summed E-state index contributed by atoms with van der Waals surface area (Å²) in [6, 6.07) is 19.4. The van der Waals surface area contributed by atoms with E-state index in [1.807, 2.05) is 66.9 Å². The highest BCUT2D eigenvalue weighted by Gasteiger charge is 2.08. The molecule has 4 rings (SSSR count). The number of nitrogen functional groups attached to an aromatic ring is 1. The zero-order chi connectivity index (χ0) is 20.1. The summed E-state index contributed by atoms with van der Waals surface area (Å²) in [6.45, 7) is 1.04. The number of ether oxygens (including phenoxy) is 2. The van der Waals surface area contributed by atoms with Gasteiger partial charge in [0.25, 0.3) is 0 Å². The van der Waals surface area contributed by atoms with Crippen LogP contribution in [0.2, 0.25) is 0 Å². The van der Waals surface area contributed by atoms with Crippen molar-refractivity contribution in [2.75, 3.05) is 12.8 Å². The van der Waals surface area contributed by atoms with Gasteiger partial charge >= 0.3 is 0 Å². The molecular formula is C22H21N5O2. The van der Waals surface area contributed by atoms with Crippen LogP contribution in [0.15, 0.2) is 73.1 Å². The monoisotopic (exact) mass is 387 g/mol. The highest BCUT2D eigenvalue weighted by atomic mass is 16.5. The van der Waals surface area contributed by atoms with Gasteiger partial charge in [-0.15, -0.1) is 5.10 Å². The number of nitrogens with two attached hydrogens (primary N) is 1. The zero-order valence-electron chi connectivity index (χ0n) is 16.0. The molecule has 0 saturated carbocycles. The van der Waals surface area contributed by atoms with Crippen LogP contribution in [0.4, 0.5) is 5.82 Å². The van der Waals surface area contributed by atoms with Crippen LogP contribution in [0.5, 0.6) is 11.5 Å². The molecule has 146 valence electrons. The normalized spacial score (nSPS) is 10.7. The first-order chi connectivity index (χ1) is 14.2. The third-order valence-electron chi connectivity index (χ3n) is 4.51. The predicted molar refractivity (Wildman–Crippen MR) is 111 cm³/mol. The molecule has 2 aromatic carbocycles. The zero-order valence-corrected chi connectivity index (χ0v) is 16.0. The molecular weight excluding hydrogens is 366 g/mol. The topological polar surface area (TPSA) is 88.1 Å². The van der Waals surface area contributed by atoms with Crippen molar-refractivity contribution in [3.8, 4) is 22.8 Å². The molecule has 2 N–H and O–H groups in total. The van der Waals surface area contributed by atoms with E-state index in [0.717, 1.165) is 28.2 Å². The van der Waals surface area contributed by atoms with Gasteiger partial charge in [-0.3, -0.25) is 0 Å². The minimum Gasteiger partial charge on any atom is -0.496 e. The van der Waals surface area contributed by atoms with Crippen LogP contribution in [-0.2, 0) is 13.2 Å². The molecule has 2 aromatic heterocycles. The molecule has 0 unspecified atom stereocenters. The molecule has 0 saturated heterocycles. The first-order valence-electron chi connectivity index (χ1n) is 9.17. The summed E-state index contributed by atoms with van der Waals surface area (Å²) < 4.78 is 13.0. The number of hydrogen-bond acceptors (Lipinski definition) is 6. The lowest BCUT2D eigenvalue weighted by molar-refractivity contribution is 0.296. The molecule has 0 bridgehead atoms. The molecule has 0 amide bonds. The van der Waals surface area contributed by atoms with Crippen molar-refractivity contribution in [3.63, 3.8) is 0 Å². The minimum atomic E-state index is 0.441. The van der Waals surface area contributed by atoms with Gasteiger partial charge in [0, 0.05) is 17.3 Å². The third kappa shape index (κ3) is 4.35. The van der Waals surface area contributed by atoms with E-state index < -0.39 is 0 Å². The number of nitrogens with zero attached hydrogens (tertiary/aromatic N) is 4. The summed E-state index contributed by atoms with van der Waals surface area (Å²) in [4.78, 5) is 4.09. The molecule has 7 heteroatoms. The van der Waals surface area contributed by atoms with Gasteiger partial charge in [0.15, 0.2) is 0 Å². The molecule has 0 spiro atoms. The maximum Gasteiger partial charge on any atom is 0.132 e. The number of rotatable bonds is 7. The molecule has 0 aliphatic rings. The Morgan fingerprint density at radius 1 is 1.00 bits per heavy atom. The summed E-state index contributed by atoms with van der Waals surface area (Å²) in [5.41, 5.74) is 9.48.